The largest absolute Gasteiger partial charge is 0.481 e. The molecule has 0 aliphatic rings. The maximum absolute atomic E-state index is 11.1. The Balaban J connectivity index is 2.38. The van der Waals surface area contributed by atoms with Gasteiger partial charge in [0.25, 0.3) is 0 Å². The van der Waals surface area contributed by atoms with Crippen LogP contribution in [0.25, 0.3) is 0 Å². The zero-order valence-electron chi connectivity index (χ0n) is 11.5. The number of benzene rings is 1. The van der Waals surface area contributed by atoms with Crippen molar-refractivity contribution in [3.8, 4) is 0 Å². The van der Waals surface area contributed by atoms with Gasteiger partial charge in [0.2, 0.25) is 5.91 Å². The van der Waals surface area contributed by atoms with Gasteiger partial charge in [-0.3, -0.25) is 9.59 Å². The predicted octanol–water partition coefficient (Wildman–Crippen LogP) is 2.33. The number of aliphatic carboxylic acids is 1. The first-order chi connectivity index (χ1) is 9.02. The molecule has 1 aromatic carbocycles. The summed E-state index contributed by atoms with van der Waals surface area (Å²) in [7, 11) is 0. The average Bonchev–Trinajstić information content (AvgIpc) is 2.37. The Bertz CT molecular complexity index is 426. The minimum atomic E-state index is -1.10. The highest BCUT2D eigenvalue weighted by Gasteiger charge is 2.06. The van der Waals surface area contributed by atoms with E-state index >= 15 is 0 Å². The third kappa shape index (κ3) is 5.55. The minimum Gasteiger partial charge on any atom is -0.481 e. The molecule has 1 rings (SSSR count). The van der Waals surface area contributed by atoms with Crippen LogP contribution in [0.2, 0.25) is 0 Å². The molecule has 0 saturated heterocycles. The maximum Gasteiger partial charge on any atom is 0.312 e. The molecule has 4 heteroatoms. The molecule has 0 aliphatic heterocycles. The quantitative estimate of drug-likeness (QED) is 0.742. The molecule has 104 valence electrons. The summed E-state index contributed by atoms with van der Waals surface area (Å²) in [5.41, 5.74) is 2.46. The van der Waals surface area contributed by atoms with Crippen LogP contribution in [-0.4, -0.2) is 23.5 Å². The van der Waals surface area contributed by atoms with Gasteiger partial charge in [-0.1, -0.05) is 38.1 Å². The monoisotopic (exact) mass is 263 g/mol. The fourth-order valence-corrected chi connectivity index (χ4v) is 1.79. The van der Waals surface area contributed by atoms with Gasteiger partial charge >= 0.3 is 5.97 Å². The van der Waals surface area contributed by atoms with Crippen LogP contribution in [0.3, 0.4) is 0 Å². The number of carbonyl (C=O) groups is 2. The van der Waals surface area contributed by atoms with E-state index in [1.807, 2.05) is 0 Å². The Morgan fingerprint density at radius 2 is 1.89 bits per heavy atom. The van der Waals surface area contributed by atoms with Gasteiger partial charge in [-0.05, 0) is 29.9 Å². The van der Waals surface area contributed by atoms with E-state index in [9.17, 15) is 9.59 Å². The maximum atomic E-state index is 11.1. The minimum absolute atomic E-state index is 0.441. The number of hydrogen-bond donors (Lipinski definition) is 2. The van der Waals surface area contributed by atoms with Crippen LogP contribution in [0.5, 0.6) is 0 Å². The second-order valence-electron chi connectivity index (χ2n) is 4.72. The molecule has 0 heterocycles. The fraction of sp³-hybridized carbons (Fsp3) is 0.467. The van der Waals surface area contributed by atoms with Gasteiger partial charge in [-0.2, -0.15) is 0 Å². The van der Waals surface area contributed by atoms with Crippen molar-refractivity contribution in [1.82, 2.24) is 5.32 Å². The molecular formula is C15H21NO3. The molecule has 1 aromatic rings. The topological polar surface area (TPSA) is 66.4 Å². The highest BCUT2D eigenvalue weighted by molar-refractivity contribution is 5.93. The van der Waals surface area contributed by atoms with Crippen LogP contribution >= 0.6 is 0 Å². The molecule has 4 nitrogen and oxygen atoms in total. The van der Waals surface area contributed by atoms with Crippen molar-refractivity contribution >= 4 is 11.9 Å². The average molecular weight is 263 g/mol. The lowest BCUT2D eigenvalue weighted by Gasteiger charge is -2.10. The normalized spacial score (nSPS) is 11.9. The summed E-state index contributed by atoms with van der Waals surface area (Å²) < 4.78 is 0. The lowest BCUT2D eigenvalue weighted by atomic mass is 9.97. The Labute approximate surface area is 113 Å². The summed E-state index contributed by atoms with van der Waals surface area (Å²) in [5.74, 6) is -0.983. The van der Waals surface area contributed by atoms with Gasteiger partial charge < -0.3 is 10.4 Å². The number of amides is 1. The lowest BCUT2D eigenvalue weighted by molar-refractivity contribution is -0.140. The Hall–Kier alpha value is -1.84. The fourth-order valence-electron chi connectivity index (χ4n) is 1.79. The van der Waals surface area contributed by atoms with Crippen molar-refractivity contribution < 1.29 is 14.7 Å². The van der Waals surface area contributed by atoms with Gasteiger partial charge in [0, 0.05) is 6.54 Å². The highest BCUT2D eigenvalue weighted by atomic mass is 16.4. The summed E-state index contributed by atoms with van der Waals surface area (Å²) >= 11 is 0. The van der Waals surface area contributed by atoms with Crippen LogP contribution in [0.1, 0.15) is 43.7 Å². The molecular weight excluding hydrogens is 242 g/mol. The molecule has 1 unspecified atom stereocenters. The van der Waals surface area contributed by atoms with Crippen molar-refractivity contribution in [3.05, 3.63) is 35.4 Å². The molecule has 0 bridgehead atoms. The predicted molar refractivity (Wildman–Crippen MR) is 74.1 cm³/mol. The van der Waals surface area contributed by atoms with E-state index in [0.717, 1.165) is 12.0 Å². The molecule has 19 heavy (non-hydrogen) atoms. The molecule has 1 amide bonds. The van der Waals surface area contributed by atoms with Gasteiger partial charge in [0.1, 0.15) is 6.42 Å². The van der Waals surface area contributed by atoms with Crippen molar-refractivity contribution in [1.29, 1.82) is 0 Å². The summed E-state index contributed by atoms with van der Waals surface area (Å²) in [6.07, 6.45) is 1.36. The third-order valence-electron chi connectivity index (χ3n) is 3.21. The van der Waals surface area contributed by atoms with Crippen LogP contribution in [-0.2, 0) is 16.0 Å². The van der Waals surface area contributed by atoms with E-state index in [1.54, 1.807) is 0 Å². The molecule has 0 spiro atoms. The first-order valence-corrected chi connectivity index (χ1v) is 6.60. The van der Waals surface area contributed by atoms with Gasteiger partial charge in [0.05, 0.1) is 0 Å². The first kappa shape index (κ1) is 15.2. The number of rotatable bonds is 7. The van der Waals surface area contributed by atoms with Crippen molar-refractivity contribution in [3.63, 3.8) is 0 Å². The second kappa shape index (κ2) is 7.56. The number of carboxylic acids is 1. The molecule has 0 radical (unpaired) electrons. The van der Waals surface area contributed by atoms with Crippen molar-refractivity contribution in [2.24, 2.45) is 0 Å². The lowest BCUT2D eigenvalue weighted by Crippen LogP contribution is -2.27. The van der Waals surface area contributed by atoms with E-state index < -0.39 is 18.3 Å². The summed E-state index contributed by atoms with van der Waals surface area (Å²) in [6.45, 7) is 4.83. The third-order valence-corrected chi connectivity index (χ3v) is 3.21. The summed E-state index contributed by atoms with van der Waals surface area (Å²) in [5, 5.41) is 11.0. The van der Waals surface area contributed by atoms with Gasteiger partial charge in [-0.15, -0.1) is 0 Å². The van der Waals surface area contributed by atoms with Crippen molar-refractivity contribution in [2.45, 2.75) is 39.0 Å². The van der Waals surface area contributed by atoms with Crippen molar-refractivity contribution in [2.75, 3.05) is 6.54 Å². The zero-order chi connectivity index (χ0) is 14.3. The zero-order valence-corrected chi connectivity index (χ0v) is 11.5. The van der Waals surface area contributed by atoms with E-state index in [1.165, 1.54) is 5.56 Å². The smallest absolute Gasteiger partial charge is 0.312 e. The Morgan fingerprint density at radius 3 is 2.42 bits per heavy atom. The Morgan fingerprint density at radius 1 is 1.26 bits per heavy atom. The van der Waals surface area contributed by atoms with Gasteiger partial charge in [0.15, 0.2) is 0 Å². The Kier molecular flexibility index (Phi) is 6.06. The number of nitrogens with one attached hydrogen (secondary N) is 1. The number of hydrogen-bond acceptors (Lipinski definition) is 2. The molecule has 0 aliphatic carbocycles. The van der Waals surface area contributed by atoms with Crippen LogP contribution in [0.4, 0.5) is 0 Å². The molecule has 1 atom stereocenters. The number of carboxylic acid groups (broad SMARTS) is 1. The summed E-state index contributed by atoms with van der Waals surface area (Å²) in [6, 6.07) is 8.35. The van der Waals surface area contributed by atoms with Crippen LogP contribution < -0.4 is 5.32 Å². The van der Waals surface area contributed by atoms with E-state index in [-0.39, 0.29) is 0 Å². The highest BCUT2D eigenvalue weighted by Crippen LogP contribution is 2.18. The van der Waals surface area contributed by atoms with E-state index in [2.05, 4.69) is 43.4 Å². The number of carbonyl (C=O) groups excluding carboxylic acids is 1. The molecule has 0 aromatic heterocycles. The molecule has 0 saturated carbocycles. The first-order valence-electron chi connectivity index (χ1n) is 6.60. The molecule has 0 fully saturated rings. The van der Waals surface area contributed by atoms with Crippen LogP contribution in [0, 0.1) is 0 Å². The SMILES string of the molecule is CCC(C)c1ccc(CCNC(=O)CC(=O)O)cc1. The molecule has 2 N–H and O–H groups in total. The second-order valence-corrected chi connectivity index (χ2v) is 4.72. The standard InChI is InChI=1S/C15H21NO3/c1-3-11(2)13-6-4-12(5-7-13)8-9-16-14(17)10-15(18)19/h4-7,11H,3,8-10H2,1-2H3,(H,16,17)(H,18,19). The van der Waals surface area contributed by atoms with Gasteiger partial charge in [-0.25, -0.2) is 0 Å². The van der Waals surface area contributed by atoms with Crippen LogP contribution in [0.15, 0.2) is 24.3 Å². The van der Waals surface area contributed by atoms with E-state index in [4.69, 9.17) is 5.11 Å². The summed E-state index contributed by atoms with van der Waals surface area (Å²) in [4.78, 5) is 21.4. The van der Waals surface area contributed by atoms with E-state index in [0.29, 0.717) is 18.9 Å².